The zero-order chi connectivity index (χ0) is 21.6. The van der Waals surface area contributed by atoms with Crippen LogP contribution < -0.4 is 0 Å². The van der Waals surface area contributed by atoms with Crippen molar-refractivity contribution in [2.24, 2.45) is 0 Å². The number of hydrogen-bond donors (Lipinski definition) is 0. The van der Waals surface area contributed by atoms with Crippen LogP contribution in [0.5, 0.6) is 0 Å². The third-order valence-corrected chi connectivity index (χ3v) is 7.16. The monoisotopic (exact) mass is 418 g/mol. The normalized spacial score (nSPS) is 25.1. The van der Waals surface area contributed by atoms with Crippen LogP contribution in [-0.4, -0.2) is 27.7 Å². The summed E-state index contributed by atoms with van der Waals surface area (Å²) in [4.78, 5) is 11.0. The molecular formula is C26H46N2O2. The van der Waals surface area contributed by atoms with Crippen molar-refractivity contribution in [2.75, 3.05) is 6.61 Å². The minimum Gasteiger partial charge on any atom is -0.445 e. The number of nitrogens with zero attached hydrogens (tertiary/aromatic N) is 2. The smallest absolute Gasteiger partial charge is 0.197 e. The van der Waals surface area contributed by atoms with Crippen LogP contribution >= 0.6 is 0 Å². The second kappa shape index (κ2) is 10.6. The largest absolute Gasteiger partial charge is 0.445 e. The van der Waals surface area contributed by atoms with E-state index < -0.39 is 0 Å². The lowest BCUT2D eigenvalue weighted by molar-refractivity contribution is -0.283. The van der Waals surface area contributed by atoms with Crippen LogP contribution in [0.3, 0.4) is 0 Å². The Bertz CT molecular complexity index is 607. The molecule has 1 saturated carbocycles. The minimum atomic E-state index is -0.0246. The molecule has 1 aliphatic heterocycles. The molecule has 0 amide bonds. The molecule has 0 N–H and O–H groups in total. The van der Waals surface area contributed by atoms with Crippen LogP contribution in [0, 0.1) is 0 Å². The molecule has 4 heteroatoms. The van der Waals surface area contributed by atoms with Gasteiger partial charge in [0, 0.05) is 22.9 Å². The number of hydrogen-bond acceptors (Lipinski definition) is 4. The van der Waals surface area contributed by atoms with Crippen LogP contribution in [-0.2, 0) is 4.84 Å². The molecule has 0 bridgehead atoms. The Labute approximate surface area is 185 Å². The number of hydroxylamine groups is 2. The fraction of sp³-hybridized carbons (Fsp3) is 0.885. The van der Waals surface area contributed by atoms with Crippen LogP contribution in [0.1, 0.15) is 142 Å². The number of oxazole rings is 1. The molecule has 2 aliphatic rings. The molecule has 1 aliphatic carbocycles. The van der Waals surface area contributed by atoms with Crippen molar-refractivity contribution in [3.05, 3.63) is 17.8 Å². The molecule has 1 aromatic heterocycles. The summed E-state index contributed by atoms with van der Waals surface area (Å²) < 4.78 is 6.49. The quantitative estimate of drug-likeness (QED) is 0.490. The van der Waals surface area contributed by atoms with Crippen molar-refractivity contribution < 1.29 is 9.25 Å². The predicted octanol–water partition coefficient (Wildman–Crippen LogP) is 7.75. The van der Waals surface area contributed by atoms with E-state index in [1.807, 2.05) is 6.20 Å². The highest BCUT2D eigenvalue weighted by Crippen LogP contribution is 2.46. The van der Waals surface area contributed by atoms with Gasteiger partial charge in [0.1, 0.15) is 5.76 Å². The average Bonchev–Trinajstić information content (AvgIpc) is 3.13. The highest BCUT2D eigenvalue weighted by Gasteiger charge is 2.47. The Balaban J connectivity index is 1.70. The van der Waals surface area contributed by atoms with E-state index in [-0.39, 0.29) is 11.1 Å². The highest BCUT2D eigenvalue weighted by atomic mass is 16.7. The fourth-order valence-corrected chi connectivity index (χ4v) is 5.91. The third kappa shape index (κ3) is 6.09. The molecule has 0 unspecified atom stereocenters. The van der Waals surface area contributed by atoms with Crippen molar-refractivity contribution in [3.63, 3.8) is 0 Å². The van der Waals surface area contributed by atoms with Gasteiger partial charge in [-0.2, -0.15) is 5.06 Å². The lowest BCUT2D eigenvalue weighted by atomic mass is 9.74. The first kappa shape index (κ1) is 23.8. The van der Waals surface area contributed by atoms with Gasteiger partial charge < -0.3 is 4.42 Å². The summed E-state index contributed by atoms with van der Waals surface area (Å²) in [6.07, 6.45) is 18.6. The lowest BCUT2D eigenvalue weighted by Gasteiger charge is -2.53. The Hall–Kier alpha value is -0.870. The van der Waals surface area contributed by atoms with Gasteiger partial charge >= 0.3 is 0 Å². The third-order valence-electron chi connectivity index (χ3n) is 7.16. The van der Waals surface area contributed by atoms with Gasteiger partial charge in [0.05, 0.1) is 12.8 Å². The Morgan fingerprint density at radius 1 is 0.900 bits per heavy atom. The van der Waals surface area contributed by atoms with Crippen LogP contribution in [0.15, 0.2) is 10.6 Å². The van der Waals surface area contributed by atoms with E-state index in [2.05, 4.69) is 39.7 Å². The first-order chi connectivity index (χ1) is 14.3. The fourth-order valence-electron chi connectivity index (χ4n) is 5.91. The van der Waals surface area contributed by atoms with E-state index >= 15 is 0 Å². The molecule has 2 heterocycles. The summed E-state index contributed by atoms with van der Waals surface area (Å²) in [6.45, 7) is 12.2. The van der Waals surface area contributed by atoms with Crippen LogP contribution in [0.4, 0.5) is 0 Å². The van der Waals surface area contributed by atoms with Gasteiger partial charge in [0.25, 0.3) is 0 Å². The first-order valence-electron chi connectivity index (χ1n) is 12.7. The maximum absolute atomic E-state index is 6.49. The Morgan fingerprint density at radius 2 is 1.43 bits per heavy atom. The van der Waals surface area contributed by atoms with E-state index in [0.717, 1.165) is 37.5 Å². The van der Waals surface area contributed by atoms with Crippen molar-refractivity contribution in [2.45, 2.75) is 141 Å². The lowest BCUT2D eigenvalue weighted by Crippen LogP contribution is -2.59. The molecule has 2 fully saturated rings. The Morgan fingerprint density at radius 3 is 1.97 bits per heavy atom. The standard InChI is InChI=1S/C26H46N2O2/c1-6-17-29-28-25(2,3)18-22(19-26(28,4)5)23-20-27-24(30-23)21-15-13-11-9-7-8-10-12-14-16-21/h20-22H,6-19H2,1-5H3. The van der Waals surface area contributed by atoms with Crippen LogP contribution in [0.25, 0.3) is 0 Å². The molecule has 0 atom stereocenters. The summed E-state index contributed by atoms with van der Waals surface area (Å²) >= 11 is 0. The molecule has 0 aromatic carbocycles. The second-order valence-electron chi connectivity index (χ2n) is 11.1. The molecule has 0 spiro atoms. The van der Waals surface area contributed by atoms with Gasteiger partial charge in [0.2, 0.25) is 0 Å². The number of rotatable bonds is 5. The first-order valence-corrected chi connectivity index (χ1v) is 12.7. The molecular weight excluding hydrogens is 372 g/mol. The van der Waals surface area contributed by atoms with Crippen LogP contribution in [0.2, 0.25) is 0 Å². The second-order valence-corrected chi connectivity index (χ2v) is 11.1. The molecule has 0 radical (unpaired) electrons. The summed E-state index contributed by atoms with van der Waals surface area (Å²) in [5.74, 6) is 3.01. The van der Waals surface area contributed by atoms with Gasteiger partial charge in [-0.3, -0.25) is 4.84 Å². The zero-order valence-electron chi connectivity index (χ0n) is 20.3. The van der Waals surface area contributed by atoms with E-state index in [9.17, 15) is 0 Å². The minimum absolute atomic E-state index is 0.0246. The predicted molar refractivity (Wildman–Crippen MR) is 124 cm³/mol. The van der Waals surface area contributed by atoms with E-state index in [0.29, 0.717) is 11.8 Å². The Kier molecular flexibility index (Phi) is 8.43. The summed E-state index contributed by atoms with van der Waals surface area (Å²) in [5.41, 5.74) is -0.0492. The summed E-state index contributed by atoms with van der Waals surface area (Å²) in [5, 5.41) is 2.25. The van der Waals surface area contributed by atoms with Gasteiger partial charge in [-0.25, -0.2) is 4.98 Å². The van der Waals surface area contributed by atoms with Crippen molar-refractivity contribution >= 4 is 0 Å². The topological polar surface area (TPSA) is 38.5 Å². The molecule has 1 saturated heterocycles. The zero-order valence-corrected chi connectivity index (χ0v) is 20.3. The summed E-state index contributed by atoms with van der Waals surface area (Å²) in [6, 6.07) is 0. The summed E-state index contributed by atoms with van der Waals surface area (Å²) in [7, 11) is 0. The van der Waals surface area contributed by atoms with E-state index in [1.165, 1.54) is 64.2 Å². The van der Waals surface area contributed by atoms with E-state index in [1.54, 1.807) is 0 Å². The number of piperidine rings is 1. The van der Waals surface area contributed by atoms with Crippen molar-refractivity contribution in [1.82, 2.24) is 10.0 Å². The van der Waals surface area contributed by atoms with Gasteiger partial charge in [-0.15, -0.1) is 0 Å². The molecule has 3 rings (SSSR count). The van der Waals surface area contributed by atoms with Gasteiger partial charge in [-0.05, 0) is 59.8 Å². The maximum Gasteiger partial charge on any atom is 0.197 e. The SMILES string of the molecule is CCCON1C(C)(C)CC(c2cnc(C3CCCCCCCCCC3)o2)CC1(C)C. The molecule has 4 nitrogen and oxygen atoms in total. The number of aromatic nitrogens is 1. The maximum atomic E-state index is 6.49. The average molecular weight is 419 g/mol. The van der Waals surface area contributed by atoms with E-state index in [4.69, 9.17) is 14.2 Å². The highest BCUT2D eigenvalue weighted by molar-refractivity contribution is 5.11. The molecule has 1 aromatic rings. The van der Waals surface area contributed by atoms with Gasteiger partial charge in [-0.1, -0.05) is 58.3 Å². The van der Waals surface area contributed by atoms with Crippen molar-refractivity contribution in [3.8, 4) is 0 Å². The molecule has 172 valence electrons. The van der Waals surface area contributed by atoms with Crippen molar-refractivity contribution in [1.29, 1.82) is 0 Å². The molecule has 30 heavy (non-hydrogen) atoms. The van der Waals surface area contributed by atoms with Gasteiger partial charge in [0.15, 0.2) is 5.89 Å².